The Balaban J connectivity index is 2.01. The molecule has 1 aliphatic carbocycles. The van der Waals surface area contributed by atoms with E-state index in [0.29, 0.717) is 16.9 Å². The second kappa shape index (κ2) is 5.76. The van der Waals surface area contributed by atoms with Crippen LogP contribution in [0.3, 0.4) is 0 Å². The lowest BCUT2D eigenvalue weighted by Crippen LogP contribution is -2.12. The van der Waals surface area contributed by atoms with Crippen molar-refractivity contribution in [1.82, 2.24) is 9.78 Å². The summed E-state index contributed by atoms with van der Waals surface area (Å²) in [6.07, 6.45) is 10.6. The van der Waals surface area contributed by atoms with Crippen LogP contribution in [0.4, 0.5) is 5.82 Å². The molecule has 0 aliphatic heterocycles. The van der Waals surface area contributed by atoms with Crippen molar-refractivity contribution in [2.24, 2.45) is 5.92 Å². The third kappa shape index (κ3) is 2.95. The maximum absolute atomic E-state index is 5.96. The first-order valence-corrected chi connectivity index (χ1v) is 7.08. The molecule has 2 unspecified atom stereocenters. The number of nitrogens with two attached hydrogens (primary N) is 1. The summed E-state index contributed by atoms with van der Waals surface area (Å²) in [6, 6.07) is 0.448. The maximum atomic E-state index is 5.96. The molecule has 1 heterocycles. The van der Waals surface area contributed by atoms with Gasteiger partial charge in [0, 0.05) is 0 Å². The SMILES string of the molecule is CCCC1CCCC(n2ncc(Cl)c2N)CC1. The Labute approximate surface area is 108 Å². The predicted octanol–water partition coefficient (Wildman–Crippen LogP) is 4.04. The van der Waals surface area contributed by atoms with Gasteiger partial charge >= 0.3 is 0 Å². The molecule has 0 spiro atoms. The molecule has 0 aromatic carbocycles. The van der Waals surface area contributed by atoms with Crippen molar-refractivity contribution >= 4 is 17.4 Å². The molecule has 17 heavy (non-hydrogen) atoms. The van der Waals surface area contributed by atoms with E-state index in [4.69, 9.17) is 17.3 Å². The largest absolute Gasteiger partial charge is 0.383 e. The van der Waals surface area contributed by atoms with E-state index >= 15 is 0 Å². The number of hydrogen-bond acceptors (Lipinski definition) is 2. The van der Waals surface area contributed by atoms with E-state index in [9.17, 15) is 0 Å². The third-order valence-corrected chi connectivity index (χ3v) is 4.18. The molecule has 2 N–H and O–H groups in total. The molecule has 2 atom stereocenters. The zero-order valence-corrected chi connectivity index (χ0v) is 11.3. The lowest BCUT2D eigenvalue weighted by molar-refractivity contribution is 0.388. The number of nitrogens with zero attached hydrogens (tertiary/aromatic N) is 2. The second-order valence-electron chi connectivity index (χ2n) is 5.14. The van der Waals surface area contributed by atoms with Gasteiger partial charge in [-0.15, -0.1) is 0 Å². The minimum atomic E-state index is 0.448. The van der Waals surface area contributed by atoms with Crippen molar-refractivity contribution in [1.29, 1.82) is 0 Å². The highest BCUT2D eigenvalue weighted by molar-refractivity contribution is 6.32. The Hall–Kier alpha value is -0.700. The highest BCUT2D eigenvalue weighted by Crippen LogP contribution is 2.34. The Morgan fingerprint density at radius 1 is 1.41 bits per heavy atom. The van der Waals surface area contributed by atoms with Gasteiger partial charge in [0.15, 0.2) is 0 Å². The highest BCUT2D eigenvalue weighted by atomic mass is 35.5. The van der Waals surface area contributed by atoms with Gasteiger partial charge in [-0.1, -0.05) is 44.2 Å². The van der Waals surface area contributed by atoms with Crippen LogP contribution in [0, 0.1) is 5.92 Å². The summed E-state index contributed by atoms with van der Waals surface area (Å²) in [5.74, 6) is 1.53. The molecule has 0 saturated heterocycles. The van der Waals surface area contributed by atoms with E-state index in [1.54, 1.807) is 6.20 Å². The molecule has 0 bridgehead atoms. The Morgan fingerprint density at radius 2 is 2.24 bits per heavy atom. The average molecular weight is 256 g/mol. The summed E-state index contributed by atoms with van der Waals surface area (Å²) in [5, 5.41) is 4.89. The van der Waals surface area contributed by atoms with E-state index in [1.807, 2.05) is 4.68 Å². The summed E-state index contributed by atoms with van der Waals surface area (Å²) in [7, 11) is 0. The van der Waals surface area contributed by atoms with Gasteiger partial charge in [0.1, 0.15) is 10.8 Å². The zero-order valence-electron chi connectivity index (χ0n) is 10.5. The zero-order chi connectivity index (χ0) is 12.3. The molecule has 4 heteroatoms. The Kier molecular flexibility index (Phi) is 4.32. The summed E-state index contributed by atoms with van der Waals surface area (Å²) in [6.45, 7) is 2.27. The fraction of sp³-hybridized carbons (Fsp3) is 0.769. The predicted molar refractivity (Wildman–Crippen MR) is 72.2 cm³/mol. The number of hydrogen-bond donors (Lipinski definition) is 1. The van der Waals surface area contributed by atoms with Gasteiger partial charge < -0.3 is 5.73 Å². The Morgan fingerprint density at radius 3 is 2.88 bits per heavy atom. The molecular weight excluding hydrogens is 234 g/mol. The molecule has 2 rings (SSSR count). The van der Waals surface area contributed by atoms with Crippen LogP contribution in [0.1, 0.15) is 57.9 Å². The van der Waals surface area contributed by atoms with Gasteiger partial charge in [-0.3, -0.25) is 0 Å². The van der Waals surface area contributed by atoms with Gasteiger partial charge in [0.05, 0.1) is 12.2 Å². The fourth-order valence-electron chi connectivity index (χ4n) is 2.94. The number of aromatic nitrogens is 2. The molecule has 1 aromatic rings. The van der Waals surface area contributed by atoms with Crippen LogP contribution in [0.25, 0.3) is 0 Å². The first-order chi connectivity index (χ1) is 8.22. The van der Waals surface area contributed by atoms with Crippen LogP contribution in [0.15, 0.2) is 6.20 Å². The molecule has 1 aliphatic rings. The van der Waals surface area contributed by atoms with Crippen LogP contribution >= 0.6 is 11.6 Å². The molecule has 3 nitrogen and oxygen atoms in total. The van der Waals surface area contributed by atoms with Crippen LogP contribution < -0.4 is 5.73 Å². The number of halogens is 1. The lowest BCUT2D eigenvalue weighted by atomic mass is 9.95. The minimum Gasteiger partial charge on any atom is -0.383 e. The third-order valence-electron chi connectivity index (χ3n) is 3.89. The topological polar surface area (TPSA) is 43.8 Å². The molecule has 0 radical (unpaired) electrons. The molecular formula is C13H22ClN3. The van der Waals surface area contributed by atoms with Crippen molar-refractivity contribution in [3.8, 4) is 0 Å². The monoisotopic (exact) mass is 255 g/mol. The molecule has 96 valence electrons. The minimum absolute atomic E-state index is 0.448. The highest BCUT2D eigenvalue weighted by Gasteiger charge is 2.21. The first-order valence-electron chi connectivity index (χ1n) is 6.70. The van der Waals surface area contributed by atoms with Crippen molar-refractivity contribution in [3.63, 3.8) is 0 Å². The van der Waals surface area contributed by atoms with Crippen molar-refractivity contribution in [2.75, 3.05) is 5.73 Å². The molecule has 1 saturated carbocycles. The van der Waals surface area contributed by atoms with Gasteiger partial charge in [0.25, 0.3) is 0 Å². The van der Waals surface area contributed by atoms with Gasteiger partial charge in [-0.25, -0.2) is 4.68 Å². The van der Waals surface area contributed by atoms with E-state index in [2.05, 4.69) is 12.0 Å². The Bertz CT molecular complexity index is 362. The smallest absolute Gasteiger partial charge is 0.140 e. The quantitative estimate of drug-likeness (QED) is 0.829. The van der Waals surface area contributed by atoms with E-state index in [0.717, 1.165) is 5.92 Å². The van der Waals surface area contributed by atoms with Crippen LogP contribution in [-0.2, 0) is 0 Å². The van der Waals surface area contributed by atoms with Crippen LogP contribution in [0.2, 0.25) is 5.02 Å². The fourth-order valence-corrected chi connectivity index (χ4v) is 3.07. The number of nitrogen functional groups attached to an aromatic ring is 1. The standard InChI is InChI=1S/C13H22ClN3/c1-2-4-10-5-3-6-11(8-7-10)17-13(15)12(14)9-16-17/h9-11H,2-8,15H2,1H3. The lowest BCUT2D eigenvalue weighted by Gasteiger charge is -2.16. The van der Waals surface area contributed by atoms with Gasteiger partial charge in [-0.2, -0.15) is 5.10 Å². The molecule has 1 aromatic heterocycles. The van der Waals surface area contributed by atoms with E-state index in [1.165, 1.54) is 44.9 Å². The van der Waals surface area contributed by atoms with Crippen LogP contribution in [0.5, 0.6) is 0 Å². The van der Waals surface area contributed by atoms with Gasteiger partial charge in [-0.05, 0) is 25.2 Å². The second-order valence-corrected chi connectivity index (χ2v) is 5.55. The molecule has 1 fully saturated rings. The van der Waals surface area contributed by atoms with E-state index < -0.39 is 0 Å². The van der Waals surface area contributed by atoms with Crippen molar-refractivity contribution in [2.45, 2.75) is 57.9 Å². The number of anilines is 1. The average Bonchev–Trinajstić information content (AvgIpc) is 2.55. The summed E-state index contributed by atoms with van der Waals surface area (Å²) < 4.78 is 1.93. The molecule has 0 amide bonds. The summed E-state index contributed by atoms with van der Waals surface area (Å²) >= 11 is 5.96. The van der Waals surface area contributed by atoms with Crippen LogP contribution in [-0.4, -0.2) is 9.78 Å². The van der Waals surface area contributed by atoms with Crippen molar-refractivity contribution < 1.29 is 0 Å². The number of rotatable bonds is 3. The van der Waals surface area contributed by atoms with Crippen molar-refractivity contribution in [3.05, 3.63) is 11.2 Å². The first kappa shape index (κ1) is 12.7. The summed E-state index contributed by atoms with van der Waals surface area (Å²) in [5.41, 5.74) is 5.95. The summed E-state index contributed by atoms with van der Waals surface area (Å²) in [4.78, 5) is 0. The van der Waals surface area contributed by atoms with E-state index in [-0.39, 0.29) is 0 Å². The maximum Gasteiger partial charge on any atom is 0.140 e. The van der Waals surface area contributed by atoms with Gasteiger partial charge in [0.2, 0.25) is 0 Å². The normalized spacial score (nSPS) is 25.8.